The first-order valence-corrected chi connectivity index (χ1v) is 34.4. The van der Waals surface area contributed by atoms with Crippen LogP contribution in [0.3, 0.4) is 0 Å². The number of amides is 1. The van der Waals surface area contributed by atoms with E-state index in [9.17, 15) is 19.0 Å². The fourth-order valence-electron chi connectivity index (χ4n) is 9.63. The summed E-state index contributed by atoms with van der Waals surface area (Å²) >= 11 is 0. The zero-order chi connectivity index (χ0) is 56.4. The third-order valence-corrected chi connectivity index (χ3v) is 15.7. The summed E-state index contributed by atoms with van der Waals surface area (Å²) in [6, 6.07) is -0.917. The molecule has 3 unspecified atom stereocenters. The van der Waals surface area contributed by atoms with Crippen LogP contribution < -0.4 is 10.2 Å². The number of nitrogens with one attached hydrogen (secondary N) is 1. The van der Waals surface area contributed by atoms with Gasteiger partial charge in [-0.2, -0.15) is 0 Å². The molecule has 0 aromatic rings. The van der Waals surface area contributed by atoms with Crippen LogP contribution in [0.4, 0.5) is 0 Å². The Labute approximate surface area is 478 Å². The predicted octanol–water partition coefficient (Wildman–Crippen LogP) is 19.8. The van der Waals surface area contributed by atoms with Gasteiger partial charge < -0.3 is 28.5 Å². The van der Waals surface area contributed by atoms with Crippen LogP contribution >= 0.6 is 7.82 Å². The molecule has 3 atom stereocenters. The number of rotatable bonds is 60. The summed E-state index contributed by atoms with van der Waals surface area (Å²) in [6.07, 6.45) is 71.1. The number of ether oxygens (including phenoxy) is 1. The Morgan fingerprint density at radius 1 is 0.455 bits per heavy atom. The molecule has 0 aliphatic rings. The first kappa shape index (κ1) is 75.0. The summed E-state index contributed by atoms with van der Waals surface area (Å²) < 4.78 is 30.3. The minimum absolute atomic E-state index is 0.0303. The van der Waals surface area contributed by atoms with Gasteiger partial charge in [0.1, 0.15) is 19.3 Å². The SMILES string of the molecule is CCCCCCCC/C=C\C/C=C/CCC(=O)NC(COP(=O)([O-])OCC[N+](C)(C)C)C(/C=C\CCCCCCCCCCCCC)OC(=O)CCCCCCCCCCCCCCCCC/C=C/CCCCCCCC. The highest BCUT2D eigenvalue weighted by Crippen LogP contribution is 2.38. The van der Waals surface area contributed by atoms with Crippen LogP contribution in [0.5, 0.6) is 0 Å². The monoisotopic (exact) mass is 1100 g/mol. The highest BCUT2D eigenvalue weighted by molar-refractivity contribution is 7.45. The maximum atomic E-state index is 13.5. The van der Waals surface area contributed by atoms with Crippen molar-refractivity contribution in [2.75, 3.05) is 40.9 Å². The summed E-state index contributed by atoms with van der Waals surface area (Å²) in [7, 11) is 1.16. The van der Waals surface area contributed by atoms with Crippen LogP contribution in [-0.4, -0.2) is 69.4 Å². The molecule has 0 saturated carbocycles. The second-order valence-electron chi connectivity index (χ2n) is 23.6. The first-order valence-electron chi connectivity index (χ1n) is 32.9. The number of hydrogen-bond donors (Lipinski definition) is 1. The molecule has 452 valence electrons. The Hall–Kier alpha value is -2.03. The van der Waals surface area contributed by atoms with Gasteiger partial charge in [-0.05, 0) is 76.7 Å². The van der Waals surface area contributed by atoms with E-state index < -0.39 is 26.6 Å². The van der Waals surface area contributed by atoms with Crippen LogP contribution in [0.15, 0.2) is 48.6 Å². The molecule has 0 aliphatic carbocycles. The number of quaternary nitrogens is 1. The van der Waals surface area contributed by atoms with Gasteiger partial charge in [-0.25, -0.2) is 0 Å². The Balaban J connectivity index is 5.11. The highest BCUT2D eigenvalue weighted by atomic mass is 31.2. The van der Waals surface area contributed by atoms with Gasteiger partial charge in [0.15, 0.2) is 0 Å². The lowest BCUT2D eigenvalue weighted by molar-refractivity contribution is -0.870. The fraction of sp³-hybridized carbons (Fsp3) is 0.851. The van der Waals surface area contributed by atoms with Crippen molar-refractivity contribution in [3.63, 3.8) is 0 Å². The van der Waals surface area contributed by atoms with E-state index in [1.165, 1.54) is 225 Å². The quantitative estimate of drug-likeness (QED) is 0.0212. The summed E-state index contributed by atoms with van der Waals surface area (Å²) in [6.45, 7) is 6.82. The molecule has 0 bridgehead atoms. The van der Waals surface area contributed by atoms with Gasteiger partial charge in [-0.1, -0.05) is 275 Å². The average molecular weight is 1100 g/mol. The van der Waals surface area contributed by atoms with Crippen molar-refractivity contribution in [3.05, 3.63) is 48.6 Å². The van der Waals surface area contributed by atoms with E-state index in [1.54, 1.807) is 0 Å². The Morgan fingerprint density at radius 3 is 1.21 bits per heavy atom. The first-order chi connectivity index (χ1) is 37.4. The second kappa shape index (κ2) is 57.2. The highest BCUT2D eigenvalue weighted by Gasteiger charge is 2.27. The molecule has 0 fully saturated rings. The molecule has 0 spiro atoms. The predicted molar refractivity (Wildman–Crippen MR) is 330 cm³/mol. The van der Waals surface area contributed by atoms with Crippen LogP contribution in [-0.2, 0) is 27.9 Å². The maximum absolute atomic E-state index is 13.5. The van der Waals surface area contributed by atoms with Gasteiger partial charge in [0.2, 0.25) is 5.91 Å². The van der Waals surface area contributed by atoms with E-state index in [-0.39, 0.29) is 31.3 Å². The Bertz CT molecular complexity index is 1460. The minimum atomic E-state index is -4.71. The topological polar surface area (TPSA) is 114 Å². The fourth-order valence-corrected chi connectivity index (χ4v) is 10.4. The average Bonchev–Trinajstić information content (AvgIpc) is 3.39. The third kappa shape index (κ3) is 58.4. The van der Waals surface area contributed by atoms with Crippen LogP contribution in [0.1, 0.15) is 316 Å². The van der Waals surface area contributed by atoms with E-state index in [4.69, 9.17) is 13.8 Å². The number of carbonyl (C=O) groups excluding carboxylic acids is 2. The summed E-state index contributed by atoms with van der Waals surface area (Å²) in [4.78, 5) is 40.0. The normalized spacial score (nSPS) is 13.9. The molecule has 1 amide bonds. The standard InChI is InChI=1S/C67H127N2O7P/c1-7-10-13-16-19-22-25-28-29-30-31-32-33-34-35-36-37-38-39-42-45-48-51-54-57-60-67(71)76-65(58-55-52-49-46-43-40-26-23-20-17-14-11-8-2)64(63-75-77(72,73)74-62-61-69(4,5)6)68-66(70)59-56-53-50-47-44-41-27-24-21-18-15-12-9-3/h28-29,41,44,50,53,55,58,64-65H,7-27,30-40,42-43,45-49,51-52,54,56-57,59-63H2,1-6H3,(H-,68,70,72,73)/b29-28+,44-41-,53-50+,58-55-. The second-order valence-corrected chi connectivity index (χ2v) is 25.0. The minimum Gasteiger partial charge on any atom is -0.756 e. The molecule has 0 heterocycles. The van der Waals surface area contributed by atoms with Gasteiger partial charge in [0, 0.05) is 12.8 Å². The van der Waals surface area contributed by atoms with Gasteiger partial charge in [-0.3, -0.25) is 14.2 Å². The number of likely N-dealkylation sites (N-methyl/N-ethyl adjacent to an activating group) is 1. The molecule has 0 aliphatic heterocycles. The van der Waals surface area contributed by atoms with Crippen molar-refractivity contribution in [2.24, 2.45) is 0 Å². The smallest absolute Gasteiger partial charge is 0.306 e. The molecule has 0 radical (unpaired) electrons. The largest absolute Gasteiger partial charge is 0.756 e. The molecule has 1 N–H and O–H groups in total. The Kier molecular flexibility index (Phi) is 55.7. The maximum Gasteiger partial charge on any atom is 0.306 e. The lowest BCUT2D eigenvalue weighted by Gasteiger charge is -2.30. The molecule has 10 heteroatoms. The lowest BCUT2D eigenvalue weighted by atomic mass is 10.0. The molecular formula is C67H127N2O7P. The van der Waals surface area contributed by atoms with Crippen molar-refractivity contribution >= 4 is 19.7 Å². The van der Waals surface area contributed by atoms with Crippen molar-refractivity contribution in [2.45, 2.75) is 328 Å². The third-order valence-electron chi connectivity index (χ3n) is 14.7. The van der Waals surface area contributed by atoms with Crippen LogP contribution in [0.2, 0.25) is 0 Å². The van der Waals surface area contributed by atoms with Gasteiger partial charge in [0.25, 0.3) is 7.82 Å². The van der Waals surface area contributed by atoms with E-state index in [1.807, 2.05) is 39.4 Å². The summed E-state index contributed by atoms with van der Waals surface area (Å²) in [5.41, 5.74) is 0. The molecule has 0 aromatic heterocycles. The molecule has 0 saturated heterocycles. The number of phosphoric ester groups is 1. The number of phosphoric acid groups is 1. The molecule has 77 heavy (non-hydrogen) atoms. The zero-order valence-corrected chi connectivity index (χ0v) is 52.6. The van der Waals surface area contributed by atoms with Gasteiger partial charge in [-0.15, -0.1) is 0 Å². The van der Waals surface area contributed by atoms with Gasteiger partial charge in [0.05, 0.1) is 33.8 Å². The van der Waals surface area contributed by atoms with Crippen molar-refractivity contribution in [1.82, 2.24) is 5.32 Å². The molecule has 0 rings (SSSR count). The van der Waals surface area contributed by atoms with Gasteiger partial charge >= 0.3 is 5.97 Å². The lowest BCUT2D eigenvalue weighted by Crippen LogP contribution is -2.47. The summed E-state index contributed by atoms with van der Waals surface area (Å²) in [5, 5.41) is 2.99. The molecule has 0 aromatic carbocycles. The van der Waals surface area contributed by atoms with E-state index in [0.717, 1.165) is 51.4 Å². The van der Waals surface area contributed by atoms with Crippen molar-refractivity contribution in [1.29, 1.82) is 0 Å². The number of unbranched alkanes of at least 4 members (excludes halogenated alkanes) is 38. The number of nitrogens with zero attached hydrogens (tertiary/aromatic N) is 1. The van der Waals surface area contributed by atoms with E-state index >= 15 is 0 Å². The van der Waals surface area contributed by atoms with E-state index in [2.05, 4.69) is 56.5 Å². The van der Waals surface area contributed by atoms with Crippen molar-refractivity contribution in [3.8, 4) is 0 Å². The van der Waals surface area contributed by atoms with Crippen LogP contribution in [0.25, 0.3) is 0 Å². The number of allylic oxidation sites excluding steroid dienone is 7. The number of hydrogen-bond acceptors (Lipinski definition) is 7. The molecular weight excluding hydrogens is 976 g/mol. The van der Waals surface area contributed by atoms with Crippen molar-refractivity contribution < 1.29 is 37.3 Å². The van der Waals surface area contributed by atoms with E-state index in [0.29, 0.717) is 17.4 Å². The number of esters is 1. The molecule has 9 nitrogen and oxygen atoms in total. The summed E-state index contributed by atoms with van der Waals surface area (Å²) in [5.74, 6) is -0.608. The zero-order valence-electron chi connectivity index (χ0n) is 51.7. The Morgan fingerprint density at radius 2 is 0.805 bits per heavy atom. The van der Waals surface area contributed by atoms with Crippen LogP contribution in [0, 0.1) is 0 Å². The number of carbonyl (C=O) groups is 2.